The van der Waals surface area contributed by atoms with Crippen LogP contribution in [0.5, 0.6) is 5.88 Å². The van der Waals surface area contributed by atoms with Crippen LogP contribution in [-0.4, -0.2) is 106 Å². The van der Waals surface area contributed by atoms with Gasteiger partial charge in [-0.25, -0.2) is 13.8 Å². The van der Waals surface area contributed by atoms with Crippen molar-refractivity contribution in [3.63, 3.8) is 0 Å². The van der Waals surface area contributed by atoms with E-state index >= 15 is 0 Å². The average molecular weight is 625 g/mol. The molecule has 1 spiro atoms. The van der Waals surface area contributed by atoms with Crippen molar-refractivity contribution in [2.75, 3.05) is 63.9 Å². The summed E-state index contributed by atoms with van der Waals surface area (Å²) < 4.78 is 41.8. The Morgan fingerprint density at radius 1 is 1.02 bits per heavy atom. The average Bonchev–Trinajstić information content (AvgIpc) is 3.53. The number of primary amides is 1. The molecule has 45 heavy (non-hydrogen) atoms. The number of ether oxygens (including phenoxy) is 2. The zero-order valence-electron chi connectivity index (χ0n) is 25.1. The Balaban J connectivity index is 1.06. The van der Waals surface area contributed by atoms with Crippen LogP contribution in [0.15, 0.2) is 30.3 Å². The highest BCUT2D eigenvalue weighted by atomic mass is 19.3. The van der Waals surface area contributed by atoms with Gasteiger partial charge in [0.1, 0.15) is 11.9 Å². The summed E-state index contributed by atoms with van der Waals surface area (Å²) in [6.07, 6.45) is 1.35. The second-order valence-corrected chi connectivity index (χ2v) is 12.6. The minimum atomic E-state index is -2.80. The summed E-state index contributed by atoms with van der Waals surface area (Å²) in [5.41, 5.74) is 6.29. The largest absolute Gasteiger partial charge is 0.474 e. The first-order chi connectivity index (χ1) is 21.8. The molecule has 0 radical (unpaired) electrons. The van der Waals surface area contributed by atoms with Gasteiger partial charge < -0.3 is 25.0 Å². The molecule has 4 fully saturated rings. The minimum Gasteiger partial charge on any atom is -0.474 e. The van der Waals surface area contributed by atoms with Crippen LogP contribution in [0.3, 0.4) is 0 Å². The van der Waals surface area contributed by atoms with Gasteiger partial charge in [-0.05, 0) is 44.2 Å². The van der Waals surface area contributed by atoms with E-state index in [9.17, 15) is 18.4 Å². The molecule has 2 aliphatic carbocycles. The zero-order chi connectivity index (χ0) is 31.1. The summed E-state index contributed by atoms with van der Waals surface area (Å²) in [4.78, 5) is 44.0. The molecule has 12 nitrogen and oxygen atoms in total. The topological polar surface area (TPSA) is 132 Å². The van der Waals surface area contributed by atoms with Gasteiger partial charge in [0.15, 0.2) is 5.82 Å². The van der Waals surface area contributed by atoms with Crippen LogP contribution in [0.4, 0.5) is 14.7 Å². The summed E-state index contributed by atoms with van der Waals surface area (Å²) in [7, 11) is 0. The van der Waals surface area contributed by atoms with Crippen LogP contribution < -0.4 is 15.4 Å². The first-order valence-electron chi connectivity index (χ1n) is 15.7. The number of morpholine rings is 1. The molecule has 1 aromatic carbocycles. The molecule has 2 aliphatic heterocycles. The van der Waals surface area contributed by atoms with Crippen molar-refractivity contribution in [3.05, 3.63) is 36.2 Å². The third kappa shape index (κ3) is 6.05. The summed E-state index contributed by atoms with van der Waals surface area (Å²) in [6.45, 7) is 4.97. The number of piperazine rings is 1. The van der Waals surface area contributed by atoms with Crippen LogP contribution >= 0.6 is 0 Å². The molecule has 2 N–H and O–H groups in total. The van der Waals surface area contributed by atoms with Crippen molar-refractivity contribution >= 4 is 28.8 Å². The number of amides is 2. The Bertz CT molecular complexity index is 1560. The number of halogens is 2. The first kappa shape index (κ1) is 29.8. The van der Waals surface area contributed by atoms with Gasteiger partial charge in [0.05, 0.1) is 30.8 Å². The van der Waals surface area contributed by atoms with Crippen molar-refractivity contribution in [2.24, 2.45) is 17.1 Å². The monoisotopic (exact) mass is 624 g/mol. The van der Waals surface area contributed by atoms with E-state index in [0.29, 0.717) is 75.3 Å². The molecule has 2 amide bonds. The van der Waals surface area contributed by atoms with Crippen LogP contribution in [0.1, 0.15) is 44.4 Å². The molecule has 1 atom stereocenters. The lowest BCUT2D eigenvalue weighted by atomic mass is 9.79. The Labute approximate surface area is 259 Å². The van der Waals surface area contributed by atoms with Crippen molar-refractivity contribution in [2.45, 2.75) is 44.6 Å². The molecule has 2 saturated carbocycles. The Morgan fingerprint density at radius 3 is 2.47 bits per heavy atom. The standard InChI is InChI=1S/C31H38F2N8O4/c32-27(33)28-35-21-3-1-2-4-22(21)41(28)25-17-26(37-30(36-25)40-13-15-44-16-14-40)45-23-18-31(23)7-5-20(6-8-31)29(43)39-11-9-38(10-12-39)19-24(34)42/h1-4,17,20,23,27H,5-16,18-19H2,(H2,34,42)/t20?,23-,31?/m0/s1. The Hall–Kier alpha value is -3.91. The molecule has 2 saturated heterocycles. The van der Waals surface area contributed by atoms with Crippen LogP contribution in [0, 0.1) is 11.3 Å². The van der Waals surface area contributed by atoms with E-state index in [2.05, 4.69) is 4.98 Å². The highest BCUT2D eigenvalue weighted by Gasteiger charge is 2.58. The maximum atomic E-state index is 14.2. The van der Waals surface area contributed by atoms with Crippen molar-refractivity contribution in [3.8, 4) is 11.7 Å². The van der Waals surface area contributed by atoms with Gasteiger partial charge in [-0.2, -0.15) is 9.97 Å². The second-order valence-electron chi connectivity index (χ2n) is 12.6. The van der Waals surface area contributed by atoms with Gasteiger partial charge in [-0.1, -0.05) is 12.1 Å². The summed E-state index contributed by atoms with van der Waals surface area (Å²) in [6, 6.07) is 8.64. The first-order valence-corrected chi connectivity index (χ1v) is 15.7. The smallest absolute Gasteiger partial charge is 0.296 e. The van der Waals surface area contributed by atoms with Gasteiger partial charge in [0.25, 0.3) is 6.43 Å². The van der Waals surface area contributed by atoms with E-state index in [4.69, 9.17) is 25.2 Å². The number of anilines is 1. The van der Waals surface area contributed by atoms with Crippen LogP contribution in [0.2, 0.25) is 0 Å². The number of imidazole rings is 1. The second kappa shape index (κ2) is 12.1. The summed E-state index contributed by atoms with van der Waals surface area (Å²) in [5, 5.41) is 0. The predicted molar refractivity (Wildman–Crippen MR) is 160 cm³/mol. The van der Waals surface area contributed by atoms with Crippen LogP contribution in [0.25, 0.3) is 16.9 Å². The van der Waals surface area contributed by atoms with Gasteiger partial charge in [-0.3, -0.25) is 19.1 Å². The molecule has 0 unspecified atom stereocenters. The Morgan fingerprint density at radius 2 is 1.76 bits per heavy atom. The van der Waals surface area contributed by atoms with E-state index in [1.165, 1.54) is 4.57 Å². The molecule has 3 aromatic rings. The molecule has 4 aliphatic rings. The number of para-hydroxylation sites is 2. The van der Waals surface area contributed by atoms with Gasteiger partial charge in [-0.15, -0.1) is 0 Å². The quantitative estimate of drug-likeness (QED) is 0.402. The maximum Gasteiger partial charge on any atom is 0.296 e. The summed E-state index contributed by atoms with van der Waals surface area (Å²) in [5.74, 6) is 0.480. The van der Waals surface area contributed by atoms with Crippen molar-refractivity contribution < 1.29 is 27.8 Å². The molecule has 4 heterocycles. The lowest BCUT2D eigenvalue weighted by molar-refractivity contribution is -0.139. The van der Waals surface area contributed by atoms with E-state index in [0.717, 1.165) is 32.1 Å². The van der Waals surface area contributed by atoms with E-state index in [-0.39, 0.29) is 47.4 Å². The molecule has 14 heteroatoms. The number of aromatic nitrogens is 4. The molecular weight excluding hydrogens is 586 g/mol. The fraction of sp³-hybridized carbons (Fsp3) is 0.581. The predicted octanol–water partition coefficient (Wildman–Crippen LogP) is 2.55. The fourth-order valence-corrected chi connectivity index (χ4v) is 7.11. The number of hydrogen-bond acceptors (Lipinski definition) is 9. The van der Waals surface area contributed by atoms with Gasteiger partial charge in [0.2, 0.25) is 23.6 Å². The molecule has 7 rings (SSSR count). The maximum absolute atomic E-state index is 14.2. The number of carbonyl (C=O) groups is 2. The number of alkyl halides is 2. The normalized spacial score (nSPS) is 25.7. The van der Waals surface area contributed by atoms with Gasteiger partial charge in [0, 0.05) is 56.7 Å². The van der Waals surface area contributed by atoms with Crippen molar-refractivity contribution in [1.29, 1.82) is 0 Å². The summed E-state index contributed by atoms with van der Waals surface area (Å²) >= 11 is 0. The van der Waals surface area contributed by atoms with Gasteiger partial charge >= 0.3 is 0 Å². The highest BCUT2D eigenvalue weighted by molar-refractivity contribution is 5.79. The molecule has 0 bridgehead atoms. The number of hydrogen-bond donors (Lipinski definition) is 1. The van der Waals surface area contributed by atoms with Crippen LogP contribution in [-0.2, 0) is 14.3 Å². The number of nitrogens with zero attached hydrogens (tertiary/aromatic N) is 7. The SMILES string of the molecule is NC(=O)CN1CCN(C(=O)C2CCC3(CC2)C[C@@H]3Oc2cc(-n3c(C(F)F)nc4ccccc43)nc(N3CCOCC3)n2)CC1. The number of rotatable bonds is 8. The zero-order valence-corrected chi connectivity index (χ0v) is 25.1. The molecule has 240 valence electrons. The van der Waals surface area contributed by atoms with E-state index < -0.39 is 6.43 Å². The number of nitrogens with two attached hydrogens (primary N) is 1. The number of benzene rings is 1. The minimum absolute atomic E-state index is 0.0135. The number of fused-ring (bicyclic) bond motifs is 1. The molecular formula is C31H38F2N8O4. The third-order valence-electron chi connectivity index (χ3n) is 9.75. The van der Waals surface area contributed by atoms with E-state index in [1.807, 2.05) is 14.7 Å². The molecule has 2 aromatic heterocycles. The third-order valence-corrected chi connectivity index (χ3v) is 9.75. The van der Waals surface area contributed by atoms with Crippen molar-refractivity contribution in [1.82, 2.24) is 29.3 Å². The number of carbonyl (C=O) groups excluding carboxylic acids is 2. The lowest BCUT2D eigenvalue weighted by Crippen LogP contribution is -2.52. The van der Waals surface area contributed by atoms with E-state index in [1.54, 1.807) is 30.3 Å². The lowest BCUT2D eigenvalue weighted by Gasteiger charge is -2.37. The highest BCUT2D eigenvalue weighted by Crippen LogP contribution is 2.59. The fourth-order valence-electron chi connectivity index (χ4n) is 7.11. The Kier molecular flexibility index (Phi) is 8.02.